The van der Waals surface area contributed by atoms with Crippen molar-refractivity contribution >= 4 is 29.1 Å². The van der Waals surface area contributed by atoms with Gasteiger partial charge in [0, 0.05) is 38.1 Å². The fourth-order valence-electron chi connectivity index (χ4n) is 3.96. The molecule has 0 saturated heterocycles. The van der Waals surface area contributed by atoms with Crippen molar-refractivity contribution in [1.82, 2.24) is 4.98 Å². The maximum Gasteiger partial charge on any atom is 0.342 e. The maximum absolute atomic E-state index is 13.0. The number of ketones is 3. The normalized spacial score (nSPS) is 19.8. The van der Waals surface area contributed by atoms with Crippen LogP contribution in [0.1, 0.15) is 61.1 Å². The minimum Gasteiger partial charge on any atom is -0.507 e. The van der Waals surface area contributed by atoms with Crippen LogP contribution in [0.4, 0.5) is 5.82 Å². The van der Waals surface area contributed by atoms with Crippen LogP contribution in [-0.2, 0) is 32.0 Å². The fraction of sp³-hybridized carbons (Fsp3) is 0.444. The first-order valence-corrected chi connectivity index (χ1v) is 12.1. The number of phenols is 1. The van der Waals surface area contributed by atoms with Crippen LogP contribution in [-0.4, -0.2) is 53.2 Å². The van der Waals surface area contributed by atoms with Crippen LogP contribution in [0.3, 0.4) is 0 Å². The number of ether oxygens (including phenoxy) is 2. The van der Waals surface area contributed by atoms with Crippen LogP contribution in [0.2, 0.25) is 0 Å². The number of aryl methyl sites for hydroxylation is 1. The summed E-state index contributed by atoms with van der Waals surface area (Å²) < 4.78 is 11.4. The van der Waals surface area contributed by atoms with Gasteiger partial charge in [-0.1, -0.05) is 13.0 Å². The molecule has 2 N–H and O–H groups in total. The van der Waals surface area contributed by atoms with Crippen molar-refractivity contribution in [3.05, 3.63) is 47.2 Å². The van der Waals surface area contributed by atoms with E-state index in [1.807, 2.05) is 18.2 Å². The molecule has 192 valence electrons. The lowest BCUT2D eigenvalue weighted by Crippen LogP contribution is -2.27. The van der Waals surface area contributed by atoms with E-state index in [1.165, 1.54) is 6.07 Å². The molecule has 0 unspecified atom stereocenters. The molecule has 9 heteroatoms. The highest BCUT2D eigenvalue weighted by molar-refractivity contribution is 6.63. The number of Topliss-reactive ketones (excluding diaryl/α,β-unsaturated/α-hetero) is 3. The van der Waals surface area contributed by atoms with Gasteiger partial charge in [-0.15, -0.1) is 0 Å². The highest BCUT2D eigenvalue weighted by atomic mass is 16.5. The van der Waals surface area contributed by atoms with Gasteiger partial charge in [-0.25, -0.2) is 9.78 Å². The largest absolute Gasteiger partial charge is 0.507 e. The summed E-state index contributed by atoms with van der Waals surface area (Å²) in [4.78, 5) is 53.9. The lowest BCUT2D eigenvalue weighted by Gasteiger charge is -2.22. The Bertz CT molecular complexity index is 1140. The Kier molecular flexibility index (Phi) is 9.16. The van der Waals surface area contributed by atoms with Crippen LogP contribution in [0, 0.1) is 5.92 Å². The first kappa shape index (κ1) is 26.8. The van der Waals surface area contributed by atoms with Gasteiger partial charge in [-0.2, -0.15) is 0 Å². The van der Waals surface area contributed by atoms with Gasteiger partial charge in [-0.05, 0) is 55.9 Å². The molecule has 1 aromatic carbocycles. The highest BCUT2D eigenvalue weighted by Gasteiger charge is 2.28. The second-order valence-corrected chi connectivity index (χ2v) is 8.99. The van der Waals surface area contributed by atoms with Crippen LogP contribution in [0.25, 0.3) is 0 Å². The van der Waals surface area contributed by atoms with Gasteiger partial charge < -0.3 is 19.9 Å². The van der Waals surface area contributed by atoms with Gasteiger partial charge in [0.2, 0.25) is 11.6 Å². The number of carbonyl (C=O) groups excluding carboxylic acids is 4. The summed E-state index contributed by atoms with van der Waals surface area (Å²) >= 11 is 0. The molecule has 2 aromatic rings. The lowest BCUT2D eigenvalue weighted by atomic mass is 9.94. The molecule has 36 heavy (non-hydrogen) atoms. The van der Waals surface area contributed by atoms with E-state index in [9.17, 15) is 24.3 Å². The zero-order valence-corrected chi connectivity index (χ0v) is 20.8. The van der Waals surface area contributed by atoms with E-state index in [0.717, 1.165) is 11.5 Å². The van der Waals surface area contributed by atoms with Crippen molar-refractivity contribution in [2.45, 2.75) is 58.5 Å². The SMILES string of the molecule is CNc1cccc(CCOc2cc(O)c3c(c2)CCCC(=O)C(=O)C(=O)CC[C@H](C)[C@H](C)OC3=O)n1. The Morgan fingerprint density at radius 2 is 1.83 bits per heavy atom. The third-order valence-corrected chi connectivity index (χ3v) is 6.34. The number of hydrogen-bond acceptors (Lipinski definition) is 9. The summed E-state index contributed by atoms with van der Waals surface area (Å²) in [6.07, 6.45) is 0.462. The number of nitrogens with one attached hydrogen (secondary N) is 1. The molecule has 1 aliphatic heterocycles. The molecule has 1 aliphatic rings. The Morgan fingerprint density at radius 3 is 2.58 bits per heavy atom. The monoisotopic (exact) mass is 496 g/mol. The zero-order chi connectivity index (χ0) is 26.2. The van der Waals surface area contributed by atoms with Gasteiger partial charge in [0.05, 0.1) is 6.61 Å². The van der Waals surface area contributed by atoms with Crippen LogP contribution < -0.4 is 10.1 Å². The predicted molar refractivity (Wildman–Crippen MR) is 132 cm³/mol. The second-order valence-electron chi connectivity index (χ2n) is 8.99. The molecule has 1 aromatic heterocycles. The third-order valence-electron chi connectivity index (χ3n) is 6.34. The molecule has 0 amide bonds. The van der Waals surface area contributed by atoms with E-state index < -0.39 is 29.4 Å². The predicted octanol–water partition coefficient (Wildman–Crippen LogP) is 3.46. The standard InChI is InChI=1S/C27H32N2O7/c1-16-10-11-22(31)26(33)21(30)8-4-6-18-14-20(15-23(32)25(18)27(34)36-17(16)2)35-13-12-19-7-5-9-24(28-3)29-19/h5,7,9,14-17,32H,4,6,8,10-13H2,1-3H3,(H,28,29)/t16-,17-/m0/s1. The molecule has 2 atom stereocenters. The van der Waals surface area contributed by atoms with Gasteiger partial charge >= 0.3 is 5.97 Å². The van der Waals surface area contributed by atoms with Gasteiger partial charge in [0.25, 0.3) is 5.78 Å². The van der Waals surface area contributed by atoms with Gasteiger partial charge in [0.1, 0.15) is 29.0 Å². The highest BCUT2D eigenvalue weighted by Crippen LogP contribution is 2.31. The summed E-state index contributed by atoms with van der Waals surface area (Å²) in [7, 11) is 1.79. The number of esters is 1. The number of pyridine rings is 1. The lowest BCUT2D eigenvalue weighted by molar-refractivity contribution is -0.144. The molecule has 0 aliphatic carbocycles. The molecular formula is C27H32N2O7. The number of rotatable bonds is 5. The summed E-state index contributed by atoms with van der Waals surface area (Å²) in [5.74, 6) is -2.55. The fourth-order valence-corrected chi connectivity index (χ4v) is 3.96. The molecule has 3 rings (SSSR count). The van der Waals surface area contributed by atoms with Crippen LogP contribution in [0.5, 0.6) is 11.5 Å². The number of benzene rings is 1. The molecule has 0 bridgehead atoms. The summed E-state index contributed by atoms with van der Waals surface area (Å²) in [5.41, 5.74) is 1.28. The number of anilines is 1. The maximum atomic E-state index is 13.0. The van der Waals surface area contributed by atoms with Crippen molar-refractivity contribution in [2.75, 3.05) is 19.0 Å². The number of carbonyl (C=O) groups is 4. The van der Waals surface area contributed by atoms with Crippen molar-refractivity contribution in [3.8, 4) is 11.5 Å². The van der Waals surface area contributed by atoms with Crippen molar-refractivity contribution in [3.63, 3.8) is 0 Å². The first-order chi connectivity index (χ1) is 17.2. The molecule has 0 saturated carbocycles. The third kappa shape index (κ3) is 6.90. The van der Waals surface area contributed by atoms with Gasteiger partial charge in [0.15, 0.2) is 0 Å². The first-order valence-electron chi connectivity index (χ1n) is 12.1. The Labute approximate surface area is 210 Å². The molecule has 9 nitrogen and oxygen atoms in total. The average molecular weight is 497 g/mol. The number of hydrogen-bond donors (Lipinski definition) is 2. The van der Waals surface area contributed by atoms with Crippen LogP contribution >= 0.6 is 0 Å². The Morgan fingerprint density at radius 1 is 1.08 bits per heavy atom. The van der Waals surface area contributed by atoms with E-state index in [0.29, 0.717) is 24.2 Å². The summed E-state index contributed by atoms with van der Waals surface area (Å²) in [6, 6.07) is 8.61. The van der Waals surface area contributed by atoms with Gasteiger partial charge in [-0.3, -0.25) is 14.4 Å². The number of aromatic hydroxyl groups is 1. The van der Waals surface area contributed by atoms with Crippen molar-refractivity contribution in [1.29, 1.82) is 0 Å². The number of cyclic esters (lactones) is 1. The Balaban J connectivity index is 1.81. The van der Waals surface area contributed by atoms with E-state index in [4.69, 9.17) is 9.47 Å². The number of phenolic OH excluding ortho intramolecular Hbond substituents is 1. The molecular weight excluding hydrogens is 464 g/mol. The number of aromatic nitrogens is 1. The van der Waals surface area contributed by atoms with E-state index in [-0.39, 0.29) is 49.5 Å². The zero-order valence-electron chi connectivity index (χ0n) is 20.8. The number of fused-ring (bicyclic) bond motifs is 1. The van der Waals surface area contributed by atoms with Crippen molar-refractivity contribution in [2.24, 2.45) is 5.92 Å². The molecule has 0 spiro atoms. The number of nitrogens with zero attached hydrogens (tertiary/aromatic N) is 1. The van der Waals surface area contributed by atoms with Crippen molar-refractivity contribution < 1.29 is 33.8 Å². The molecule has 2 heterocycles. The topological polar surface area (TPSA) is 132 Å². The minimum absolute atomic E-state index is 0.0108. The smallest absolute Gasteiger partial charge is 0.342 e. The average Bonchev–Trinajstić information content (AvgIpc) is 2.85. The van der Waals surface area contributed by atoms with E-state index >= 15 is 0 Å². The summed E-state index contributed by atoms with van der Waals surface area (Å²) in [6.45, 7) is 3.77. The minimum atomic E-state index is -0.986. The quantitative estimate of drug-likeness (QED) is 0.472. The van der Waals surface area contributed by atoms with Crippen LogP contribution in [0.15, 0.2) is 30.3 Å². The summed E-state index contributed by atoms with van der Waals surface area (Å²) in [5, 5.41) is 13.7. The van der Waals surface area contributed by atoms with E-state index in [2.05, 4.69) is 10.3 Å². The Hall–Kier alpha value is -3.75. The molecule has 0 fully saturated rings. The second kappa shape index (κ2) is 12.3. The molecule has 0 radical (unpaired) electrons. The van der Waals surface area contributed by atoms with E-state index in [1.54, 1.807) is 27.0 Å².